The second kappa shape index (κ2) is 7.31. The van der Waals surface area contributed by atoms with Crippen molar-refractivity contribution in [3.8, 4) is 0 Å². The SMILES string of the molecule is CO[C@@H](C(=O)Nc1cnn(Cc2c(C)noc2C)c1)c1ccccc1. The molecule has 2 aromatic heterocycles. The van der Waals surface area contributed by atoms with Crippen LogP contribution in [0.3, 0.4) is 0 Å². The predicted molar refractivity (Wildman–Crippen MR) is 92.1 cm³/mol. The summed E-state index contributed by atoms with van der Waals surface area (Å²) in [5, 5.41) is 11.0. The van der Waals surface area contributed by atoms with E-state index in [0.717, 1.165) is 22.6 Å². The van der Waals surface area contributed by atoms with Gasteiger partial charge in [0, 0.05) is 18.9 Å². The standard InChI is InChI=1S/C18H20N4O3/c1-12-16(13(2)25-21-12)11-22-10-15(9-19-22)20-18(23)17(24-3)14-7-5-4-6-8-14/h4-10,17H,11H2,1-3H3,(H,20,23)/t17-/m1/s1. The Kier molecular flexibility index (Phi) is 4.95. The molecular formula is C18H20N4O3. The van der Waals surface area contributed by atoms with Gasteiger partial charge in [-0.2, -0.15) is 5.10 Å². The van der Waals surface area contributed by atoms with Gasteiger partial charge in [0.15, 0.2) is 6.10 Å². The molecule has 0 aliphatic heterocycles. The summed E-state index contributed by atoms with van der Waals surface area (Å²) >= 11 is 0. The number of nitrogens with one attached hydrogen (secondary N) is 1. The molecule has 0 spiro atoms. The zero-order valence-electron chi connectivity index (χ0n) is 14.4. The van der Waals surface area contributed by atoms with Gasteiger partial charge < -0.3 is 14.6 Å². The Morgan fingerprint density at radius 1 is 1.32 bits per heavy atom. The number of ether oxygens (including phenoxy) is 1. The number of methoxy groups -OCH3 is 1. The molecule has 1 aromatic carbocycles. The molecule has 130 valence electrons. The van der Waals surface area contributed by atoms with Crippen molar-refractivity contribution in [1.29, 1.82) is 0 Å². The first-order chi connectivity index (χ1) is 12.1. The zero-order chi connectivity index (χ0) is 17.8. The maximum absolute atomic E-state index is 12.5. The number of aromatic nitrogens is 3. The van der Waals surface area contributed by atoms with Crippen molar-refractivity contribution in [3.05, 3.63) is 65.3 Å². The van der Waals surface area contributed by atoms with Gasteiger partial charge in [0.1, 0.15) is 5.76 Å². The van der Waals surface area contributed by atoms with Crippen LogP contribution < -0.4 is 5.32 Å². The highest BCUT2D eigenvalue weighted by Crippen LogP contribution is 2.19. The fourth-order valence-electron chi connectivity index (χ4n) is 2.63. The third kappa shape index (κ3) is 3.77. The molecule has 0 bridgehead atoms. The smallest absolute Gasteiger partial charge is 0.258 e. The topological polar surface area (TPSA) is 82.2 Å². The number of aryl methyl sites for hydroxylation is 2. The highest BCUT2D eigenvalue weighted by molar-refractivity contribution is 5.94. The fourth-order valence-corrected chi connectivity index (χ4v) is 2.63. The van der Waals surface area contributed by atoms with E-state index in [2.05, 4.69) is 15.6 Å². The summed E-state index contributed by atoms with van der Waals surface area (Å²) in [6.07, 6.45) is 2.70. The molecule has 0 unspecified atom stereocenters. The monoisotopic (exact) mass is 340 g/mol. The third-order valence-electron chi connectivity index (χ3n) is 3.98. The second-order valence-electron chi connectivity index (χ2n) is 5.74. The molecule has 25 heavy (non-hydrogen) atoms. The number of rotatable bonds is 6. The molecule has 0 radical (unpaired) electrons. The molecule has 0 aliphatic carbocycles. The Balaban J connectivity index is 1.69. The number of carbonyl (C=O) groups is 1. The lowest BCUT2D eigenvalue weighted by atomic mass is 10.1. The zero-order valence-corrected chi connectivity index (χ0v) is 14.4. The minimum Gasteiger partial charge on any atom is -0.367 e. The van der Waals surface area contributed by atoms with Gasteiger partial charge in [0.05, 0.1) is 24.1 Å². The Bertz CT molecular complexity index is 835. The van der Waals surface area contributed by atoms with Gasteiger partial charge >= 0.3 is 0 Å². The lowest BCUT2D eigenvalue weighted by molar-refractivity contribution is -0.126. The molecule has 3 aromatic rings. The second-order valence-corrected chi connectivity index (χ2v) is 5.74. The number of benzene rings is 1. The van der Waals surface area contributed by atoms with E-state index in [-0.39, 0.29) is 5.91 Å². The number of carbonyl (C=O) groups excluding carboxylic acids is 1. The number of hydrogen-bond donors (Lipinski definition) is 1. The fraction of sp³-hybridized carbons (Fsp3) is 0.278. The average Bonchev–Trinajstić information content (AvgIpc) is 3.18. The van der Waals surface area contributed by atoms with Gasteiger partial charge in [0.25, 0.3) is 5.91 Å². The van der Waals surface area contributed by atoms with E-state index in [1.807, 2.05) is 44.2 Å². The molecule has 1 N–H and O–H groups in total. The Morgan fingerprint density at radius 3 is 2.72 bits per heavy atom. The third-order valence-corrected chi connectivity index (χ3v) is 3.98. The minimum absolute atomic E-state index is 0.245. The predicted octanol–water partition coefficient (Wildman–Crippen LogP) is 2.86. The quantitative estimate of drug-likeness (QED) is 0.746. The molecule has 0 aliphatic rings. The van der Waals surface area contributed by atoms with Gasteiger partial charge in [-0.05, 0) is 19.4 Å². The normalized spacial score (nSPS) is 12.1. The summed E-state index contributed by atoms with van der Waals surface area (Å²) in [6, 6.07) is 9.35. The van der Waals surface area contributed by atoms with Crippen molar-refractivity contribution in [2.75, 3.05) is 12.4 Å². The van der Waals surface area contributed by atoms with Crippen LogP contribution in [0.1, 0.15) is 28.7 Å². The molecule has 1 amide bonds. The molecule has 0 saturated carbocycles. The van der Waals surface area contributed by atoms with Gasteiger partial charge in [-0.1, -0.05) is 35.5 Å². The van der Waals surface area contributed by atoms with E-state index in [0.29, 0.717) is 12.2 Å². The number of amides is 1. The van der Waals surface area contributed by atoms with Crippen LogP contribution in [0, 0.1) is 13.8 Å². The van der Waals surface area contributed by atoms with Crippen molar-refractivity contribution < 1.29 is 14.1 Å². The molecule has 1 atom stereocenters. The summed E-state index contributed by atoms with van der Waals surface area (Å²) in [5.74, 6) is 0.521. The lowest BCUT2D eigenvalue weighted by Crippen LogP contribution is -2.22. The van der Waals surface area contributed by atoms with Gasteiger partial charge in [-0.15, -0.1) is 0 Å². The molecule has 7 heteroatoms. The maximum Gasteiger partial charge on any atom is 0.258 e. The van der Waals surface area contributed by atoms with Crippen LogP contribution in [-0.4, -0.2) is 28.0 Å². The molecule has 3 rings (SSSR count). The molecular weight excluding hydrogens is 320 g/mol. The van der Waals surface area contributed by atoms with E-state index in [1.165, 1.54) is 7.11 Å². The lowest BCUT2D eigenvalue weighted by Gasteiger charge is -2.14. The molecule has 0 saturated heterocycles. The van der Waals surface area contributed by atoms with Crippen molar-refractivity contribution in [2.45, 2.75) is 26.5 Å². The average molecular weight is 340 g/mol. The van der Waals surface area contributed by atoms with Crippen LogP contribution in [0.15, 0.2) is 47.2 Å². The Hall–Kier alpha value is -2.93. The number of hydrogen-bond acceptors (Lipinski definition) is 5. The summed E-state index contributed by atoms with van der Waals surface area (Å²) in [7, 11) is 1.51. The van der Waals surface area contributed by atoms with Gasteiger partial charge in [-0.25, -0.2) is 0 Å². The van der Waals surface area contributed by atoms with Crippen LogP contribution in [0.25, 0.3) is 0 Å². The first-order valence-electron chi connectivity index (χ1n) is 7.91. The van der Waals surface area contributed by atoms with E-state index in [4.69, 9.17) is 9.26 Å². The Morgan fingerprint density at radius 2 is 2.08 bits per heavy atom. The van der Waals surface area contributed by atoms with Crippen molar-refractivity contribution in [3.63, 3.8) is 0 Å². The largest absolute Gasteiger partial charge is 0.367 e. The molecule has 0 fully saturated rings. The van der Waals surface area contributed by atoms with Crippen LogP contribution in [-0.2, 0) is 16.1 Å². The van der Waals surface area contributed by atoms with E-state index >= 15 is 0 Å². The first-order valence-corrected chi connectivity index (χ1v) is 7.91. The number of anilines is 1. The van der Waals surface area contributed by atoms with Gasteiger partial charge in [-0.3, -0.25) is 9.48 Å². The van der Waals surface area contributed by atoms with Crippen molar-refractivity contribution in [1.82, 2.24) is 14.9 Å². The van der Waals surface area contributed by atoms with Crippen LogP contribution in [0.2, 0.25) is 0 Å². The van der Waals surface area contributed by atoms with E-state index in [1.54, 1.807) is 17.1 Å². The molecule has 7 nitrogen and oxygen atoms in total. The summed E-state index contributed by atoms with van der Waals surface area (Å²) in [4.78, 5) is 12.5. The number of nitrogens with zero attached hydrogens (tertiary/aromatic N) is 3. The summed E-state index contributed by atoms with van der Waals surface area (Å²) < 4.78 is 12.2. The van der Waals surface area contributed by atoms with Crippen LogP contribution >= 0.6 is 0 Å². The van der Waals surface area contributed by atoms with E-state index < -0.39 is 6.10 Å². The van der Waals surface area contributed by atoms with Crippen molar-refractivity contribution >= 4 is 11.6 Å². The highest BCUT2D eigenvalue weighted by Gasteiger charge is 2.20. The van der Waals surface area contributed by atoms with E-state index in [9.17, 15) is 4.79 Å². The summed E-state index contributed by atoms with van der Waals surface area (Å²) in [6.45, 7) is 4.29. The van der Waals surface area contributed by atoms with Gasteiger partial charge in [0.2, 0.25) is 0 Å². The van der Waals surface area contributed by atoms with Crippen LogP contribution in [0.5, 0.6) is 0 Å². The first kappa shape index (κ1) is 16.9. The summed E-state index contributed by atoms with van der Waals surface area (Å²) in [5.41, 5.74) is 3.22. The molecule has 2 heterocycles. The highest BCUT2D eigenvalue weighted by atomic mass is 16.5. The maximum atomic E-state index is 12.5. The van der Waals surface area contributed by atoms with Crippen molar-refractivity contribution in [2.24, 2.45) is 0 Å². The minimum atomic E-state index is -0.674. The van der Waals surface area contributed by atoms with Crippen LogP contribution in [0.4, 0.5) is 5.69 Å². The Labute approximate surface area is 145 Å².